The van der Waals surface area contributed by atoms with Crippen LogP contribution in [-0.4, -0.2) is 42.8 Å². The van der Waals surface area contributed by atoms with Crippen LogP contribution in [0.5, 0.6) is 5.75 Å². The molecule has 3 heterocycles. The number of methoxy groups -OCH3 is 1. The third kappa shape index (κ3) is 2.81. The van der Waals surface area contributed by atoms with Gasteiger partial charge in [-0.05, 0) is 25.1 Å². The van der Waals surface area contributed by atoms with Crippen LogP contribution >= 0.6 is 11.6 Å². The molecule has 25 heavy (non-hydrogen) atoms. The Bertz CT molecular complexity index is 897. The van der Waals surface area contributed by atoms with Gasteiger partial charge in [-0.25, -0.2) is 0 Å². The Hall–Kier alpha value is -2.31. The van der Waals surface area contributed by atoms with Crippen LogP contribution in [0.25, 0.3) is 22.4 Å². The van der Waals surface area contributed by atoms with Crippen LogP contribution in [0.4, 0.5) is 6.01 Å². The first-order valence-corrected chi connectivity index (χ1v) is 8.62. The van der Waals surface area contributed by atoms with E-state index in [0.29, 0.717) is 33.9 Å². The fraction of sp³-hybridized carbons (Fsp3) is 0.333. The van der Waals surface area contributed by atoms with Crippen molar-refractivity contribution in [3.63, 3.8) is 0 Å². The number of oxazole rings is 1. The van der Waals surface area contributed by atoms with E-state index in [1.165, 1.54) is 0 Å². The van der Waals surface area contributed by atoms with Gasteiger partial charge in [0.1, 0.15) is 5.52 Å². The van der Waals surface area contributed by atoms with Gasteiger partial charge < -0.3 is 19.4 Å². The maximum Gasteiger partial charge on any atom is 0.298 e. The second kappa shape index (κ2) is 6.54. The Labute approximate surface area is 150 Å². The minimum Gasteiger partial charge on any atom is -0.494 e. The van der Waals surface area contributed by atoms with E-state index in [0.717, 1.165) is 30.9 Å². The number of pyridine rings is 1. The number of benzene rings is 1. The Morgan fingerprint density at radius 1 is 1.40 bits per heavy atom. The highest BCUT2D eigenvalue weighted by molar-refractivity contribution is 6.33. The lowest BCUT2D eigenvalue weighted by atomic mass is 10.1. The molecule has 130 valence electrons. The summed E-state index contributed by atoms with van der Waals surface area (Å²) >= 11 is 6.42. The zero-order valence-corrected chi connectivity index (χ0v) is 14.9. The molecule has 1 aromatic carbocycles. The fourth-order valence-electron chi connectivity index (χ4n) is 3.20. The third-order valence-electron chi connectivity index (χ3n) is 4.45. The van der Waals surface area contributed by atoms with Crippen LogP contribution in [0, 0.1) is 0 Å². The van der Waals surface area contributed by atoms with E-state index >= 15 is 0 Å². The number of piperazine rings is 1. The van der Waals surface area contributed by atoms with Gasteiger partial charge in [0.25, 0.3) is 6.01 Å². The number of aromatic nitrogens is 2. The van der Waals surface area contributed by atoms with Crippen molar-refractivity contribution < 1.29 is 9.15 Å². The summed E-state index contributed by atoms with van der Waals surface area (Å²) in [7, 11) is 1.59. The molecule has 7 heteroatoms. The molecule has 4 rings (SSSR count). The largest absolute Gasteiger partial charge is 0.494 e. The summed E-state index contributed by atoms with van der Waals surface area (Å²) in [6, 6.07) is 8.38. The van der Waals surface area contributed by atoms with Gasteiger partial charge in [0.05, 0.1) is 23.4 Å². The Kier molecular flexibility index (Phi) is 4.23. The minimum absolute atomic E-state index is 0.303. The van der Waals surface area contributed by atoms with Crippen molar-refractivity contribution in [1.82, 2.24) is 15.3 Å². The summed E-state index contributed by atoms with van der Waals surface area (Å²) in [5.41, 5.74) is 2.81. The van der Waals surface area contributed by atoms with E-state index in [1.807, 2.05) is 18.2 Å². The molecule has 1 aliphatic rings. The van der Waals surface area contributed by atoms with Gasteiger partial charge in [0.2, 0.25) is 0 Å². The van der Waals surface area contributed by atoms with E-state index in [9.17, 15) is 0 Å². The number of halogens is 1. The van der Waals surface area contributed by atoms with Crippen LogP contribution in [0.2, 0.25) is 5.02 Å². The highest BCUT2D eigenvalue weighted by Crippen LogP contribution is 2.42. The second-order valence-electron chi connectivity index (χ2n) is 6.07. The number of hydrogen-bond donors (Lipinski definition) is 1. The SMILES string of the molecule is COc1c(Cl)cc2nc(N3CCNCC3C)oc2c1-c1ccccn1. The molecule has 0 amide bonds. The number of hydrogen-bond acceptors (Lipinski definition) is 6. The zero-order valence-electron chi connectivity index (χ0n) is 14.1. The Morgan fingerprint density at radius 3 is 3.00 bits per heavy atom. The fourth-order valence-corrected chi connectivity index (χ4v) is 3.47. The highest BCUT2D eigenvalue weighted by atomic mass is 35.5. The van der Waals surface area contributed by atoms with Crippen LogP contribution < -0.4 is 15.0 Å². The van der Waals surface area contributed by atoms with Gasteiger partial charge in [-0.15, -0.1) is 0 Å². The number of fused-ring (bicyclic) bond motifs is 1. The first-order chi connectivity index (χ1) is 12.2. The molecule has 6 nitrogen and oxygen atoms in total. The number of nitrogens with zero attached hydrogens (tertiary/aromatic N) is 3. The molecule has 1 unspecified atom stereocenters. The monoisotopic (exact) mass is 358 g/mol. The van der Waals surface area contributed by atoms with Gasteiger partial charge >= 0.3 is 0 Å². The standard InChI is InChI=1S/C18H19ClN4O2/c1-11-10-20-7-8-23(11)18-22-14-9-12(19)16(24-2)15(17(14)25-18)13-5-3-4-6-21-13/h3-6,9,11,20H,7-8,10H2,1-2H3. The predicted molar refractivity (Wildman–Crippen MR) is 98.5 cm³/mol. The average molecular weight is 359 g/mol. The normalized spacial score (nSPS) is 17.9. The predicted octanol–water partition coefficient (Wildman–Crippen LogP) is 3.35. The number of nitrogens with one attached hydrogen (secondary N) is 1. The Balaban J connectivity index is 1.92. The van der Waals surface area contributed by atoms with Crippen molar-refractivity contribution in [3.05, 3.63) is 35.5 Å². The van der Waals surface area contributed by atoms with Crippen molar-refractivity contribution in [1.29, 1.82) is 0 Å². The van der Waals surface area contributed by atoms with Crippen molar-refractivity contribution in [2.45, 2.75) is 13.0 Å². The first kappa shape index (κ1) is 16.2. The van der Waals surface area contributed by atoms with Gasteiger partial charge in [-0.1, -0.05) is 17.7 Å². The number of rotatable bonds is 3. The van der Waals surface area contributed by atoms with Crippen molar-refractivity contribution >= 4 is 28.7 Å². The lowest BCUT2D eigenvalue weighted by Gasteiger charge is -2.32. The number of ether oxygens (including phenoxy) is 1. The second-order valence-corrected chi connectivity index (χ2v) is 6.48. The molecule has 3 aromatic rings. The van der Waals surface area contributed by atoms with E-state index in [2.05, 4.69) is 27.1 Å². The summed E-state index contributed by atoms with van der Waals surface area (Å²) in [5, 5.41) is 3.86. The molecule has 0 aliphatic carbocycles. The van der Waals surface area contributed by atoms with Crippen LogP contribution in [0.1, 0.15) is 6.92 Å². The Morgan fingerprint density at radius 2 is 2.28 bits per heavy atom. The minimum atomic E-state index is 0.303. The highest BCUT2D eigenvalue weighted by Gasteiger charge is 2.26. The summed E-state index contributed by atoms with van der Waals surface area (Å²) in [5.74, 6) is 0.545. The molecule has 0 bridgehead atoms. The molecule has 1 atom stereocenters. The molecule has 1 N–H and O–H groups in total. The van der Waals surface area contributed by atoms with E-state index in [1.54, 1.807) is 19.4 Å². The maximum atomic E-state index is 6.42. The molecular weight excluding hydrogens is 340 g/mol. The van der Waals surface area contributed by atoms with Crippen molar-refractivity contribution in [2.75, 3.05) is 31.6 Å². The molecule has 0 saturated carbocycles. The molecule has 2 aromatic heterocycles. The van der Waals surface area contributed by atoms with Crippen molar-refractivity contribution in [2.24, 2.45) is 0 Å². The first-order valence-electron chi connectivity index (χ1n) is 8.25. The summed E-state index contributed by atoms with van der Waals surface area (Å²) < 4.78 is 11.7. The molecule has 1 aliphatic heterocycles. The summed E-state index contributed by atoms with van der Waals surface area (Å²) in [4.78, 5) is 11.3. The number of anilines is 1. The van der Waals surface area contributed by atoms with Gasteiger partial charge in [0.15, 0.2) is 11.3 Å². The lowest BCUT2D eigenvalue weighted by Crippen LogP contribution is -2.50. The molecule has 1 saturated heterocycles. The topological polar surface area (TPSA) is 63.4 Å². The van der Waals surface area contributed by atoms with Crippen molar-refractivity contribution in [3.8, 4) is 17.0 Å². The van der Waals surface area contributed by atoms with E-state index in [4.69, 9.17) is 20.8 Å². The smallest absolute Gasteiger partial charge is 0.298 e. The quantitative estimate of drug-likeness (QED) is 0.774. The molecular formula is C18H19ClN4O2. The summed E-state index contributed by atoms with van der Waals surface area (Å²) in [6.07, 6.45) is 1.73. The van der Waals surface area contributed by atoms with E-state index in [-0.39, 0.29) is 0 Å². The summed E-state index contributed by atoms with van der Waals surface area (Å²) in [6.45, 7) is 4.79. The van der Waals surface area contributed by atoms with Crippen LogP contribution in [0.3, 0.4) is 0 Å². The zero-order chi connectivity index (χ0) is 17.4. The molecule has 0 radical (unpaired) electrons. The average Bonchev–Trinajstić information content (AvgIpc) is 3.04. The molecule has 0 spiro atoms. The van der Waals surface area contributed by atoms with Crippen LogP contribution in [-0.2, 0) is 0 Å². The molecule has 1 fully saturated rings. The van der Waals surface area contributed by atoms with Gasteiger partial charge in [-0.3, -0.25) is 4.98 Å². The van der Waals surface area contributed by atoms with Gasteiger partial charge in [0, 0.05) is 31.9 Å². The third-order valence-corrected chi connectivity index (χ3v) is 4.73. The lowest BCUT2D eigenvalue weighted by molar-refractivity contribution is 0.416. The van der Waals surface area contributed by atoms with Crippen LogP contribution in [0.15, 0.2) is 34.9 Å². The maximum absolute atomic E-state index is 6.42. The van der Waals surface area contributed by atoms with Gasteiger partial charge in [-0.2, -0.15) is 4.98 Å². The van der Waals surface area contributed by atoms with E-state index < -0.39 is 0 Å².